The van der Waals surface area contributed by atoms with Gasteiger partial charge in [-0.25, -0.2) is 4.39 Å². The molecule has 3 nitrogen and oxygen atoms in total. The van der Waals surface area contributed by atoms with Gasteiger partial charge in [-0.3, -0.25) is 4.79 Å². The monoisotopic (exact) mass is 279 g/mol. The molecule has 0 radical (unpaired) electrons. The molecule has 1 aromatic heterocycles. The molecule has 1 heterocycles. The van der Waals surface area contributed by atoms with Crippen molar-refractivity contribution in [1.82, 2.24) is 4.57 Å². The van der Waals surface area contributed by atoms with Crippen LogP contribution in [0.5, 0.6) is 5.75 Å². The third kappa shape index (κ3) is 3.38. The smallest absolute Gasteiger partial charge is 0.253 e. The Labute approximate surface area is 115 Å². The van der Waals surface area contributed by atoms with Crippen molar-refractivity contribution in [3.8, 4) is 5.75 Å². The first kappa shape index (κ1) is 13.7. The van der Waals surface area contributed by atoms with Crippen LogP contribution in [0.15, 0.2) is 46.2 Å². The van der Waals surface area contributed by atoms with Crippen LogP contribution >= 0.6 is 11.8 Å². The molecule has 0 N–H and O–H groups in total. The minimum Gasteiger partial charge on any atom is -0.497 e. The average molecular weight is 279 g/mol. The van der Waals surface area contributed by atoms with Crippen LogP contribution in [0.2, 0.25) is 0 Å². The topological polar surface area (TPSA) is 31.2 Å². The lowest BCUT2D eigenvalue weighted by molar-refractivity contribution is 0.414. The molecular formula is C14H14FNO2S. The molecule has 2 rings (SSSR count). The van der Waals surface area contributed by atoms with E-state index in [1.807, 2.05) is 24.3 Å². The number of thioether (sulfide) groups is 1. The first-order valence-corrected chi connectivity index (χ1v) is 6.70. The van der Waals surface area contributed by atoms with Gasteiger partial charge in [0, 0.05) is 25.1 Å². The number of hydrogen-bond donors (Lipinski definition) is 0. The van der Waals surface area contributed by atoms with Crippen molar-refractivity contribution >= 4 is 11.8 Å². The molecule has 1 aromatic carbocycles. The highest BCUT2D eigenvalue weighted by molar-refractivity contribution is 7.98. The summed E-state index contributed by atoms with van der Waals surface area (Å²) in [5, 5.41) is 0. The van der Waals surface area contributed by atoms with Crippen LogP contribution in [0.3, 0.4) is 0 Å². The number of benzene rings is 1. The maximum Gasteiger partial charge on any atom is 0.253 e. The first-order valence-electron chi connectivity index (χ1n) is 5.72. The Kier molecular flexibility index (Phi) is 4.27. The zero-order valence-electron chi connectivity index (χ0n) is 10.7. The predicted octanol–water partition coefficient (Wildman–Crippen LogP) is 2.83. The second-order valence-electron chi connectivity index (χ2n) is 4.07. The van der Waals surface area contributed by atoms with E-state index < -0.39 is 5.82 Å². The Morgan fingerprint density at radius 1 is 1.32 bits per heavy atom. The average Bonchev–Trinajstić information content (AvgIpc) is 2.42. The lowest BCUT2D eigenvalue weighted by Gasteiger charge is -2.06. The van der Waals surface area contributed by atoms with E-state index in [0.29, 0.717) is 10.6 Å². The van der Waals surface area contributed by atoms with E-state index in [9.17, 15) is 9.18 Å². The molecule has 5 heteroatoms. The van der Waals surface area contributed by atoms with Gasteiger partial charge in [0.15, 0.2) is 0 Å². The van der Waals surface area contributed by atoms with Gasteiger partial charge >= 0.3 is 0 Å². The van der Waals surface area contributed by atoms with Crippen molar-refractivity contribution in [3.05, 3.63) is 58.3 Å². The molecule has 0 aliphatic heterocycles. The molecule has 0 unspecified atom stereocenters. The summed E-state index contributed by atoms with van der Waals surface area (Å²) in [5.74, 6) is 0.961. The number of pyridine rings is 1. The standard InChI is InChI=1S/C14H14FNO2S/c1-16-8-13(12(15)7-14(16)17)19-9-10-3-5-11(18-2)6-4-10/h3-8H,9H2,1-2H3. The van der Waals surface area contributed by atoms with Crippen LogP contribution in [0.1, 0.15) is 5.56 Å². The molecule has 0 aliphatic rings. The summed E-state index contributed by atoms with van der Waals surface area (Å²) < 4.78 is 20.0. The second-order valence-corrected chi connectivity index (χ2v) is 5.09. The number of ether oxygens (including phenoxy) is 1. The van der Waals surface area contributed by atoms with E-state index in [1.54, 1.807) is 14.2 Å². The Hall–Kier alpha value is -1.75. The van der Waals surface area contributed by atoms with E-state index in [2.05, 4.69) is 0 Å². The van der Waals surface area contributed by atoms with Crippen LogP contribution in [-0.2, 0) is 12.8 Å². The molecule has 0 saturated carbocycles. The highest BCUT2D eigenvalue weighted by Crippen LogP contribution is 2.25. The normalized spacial score (nSPS) is 10.5. The Bertz CT molecular complexity index is 622. The number of aromatic nitrogens is 1. The van der Waals surface area contributed by atoms with Crippen molar-refractivity contribution < 1.29 is 9.13 Å². The summed E-state index contributed by atoms with van der Waals surface area (Å²) in [6, 6.07) is 8.62. The van der Waals surface area contributed by atoms with Crippen LogP contribution in [0.25, 0.3) is 0 Å². The predicted molar refractivity (Wildman–Crippen MR) is 74.2 cm³/mol. The van der Waals surface area contributed by atoms with Gasteiger partial charge in [0.2, 0.25) is 0 Å². The van der Waals surface area contributed by atoms with Gasteiger partial charge < -0.3 is 9.30 Å². The molecule has 19 heavy (non-hydrogen) atoms. The third-order valence-electron chi connectivity index (χ3n) is 2.70. The van der Waals surface area contributed by atoms with E-state index >= 15 is 0 Å². The fraction of sp³-hybridized carbons (Fsp3) is 0.214. The molecule has 0 bridgehead atoms. The van der Waals surface area contributed by atoms with Crippen molar-refractivity contribution in [2.75, 3.05) is 7.11 Å². The second kappa shape index (κ2) is 5.93. The Balaban J connectivity index is 2.09. The Morgan fingerprint density at radius 2 is 2.00 bits per heavy atom. The minimum absolute atomic E-state index is 0.341. The van der Waals surface area contributed by atoms with E-state index in [4.69, 9.17) is 4.74 Å². The zero-order chi connectivity index (χ0) is 13.8. The summed E-state index contributed by atoms with van der Waals surface area (Å²) >= 11 is 1.36. The lowest BCUT2D eigenvalue weighted by atomic mass is 10.2. The molecule has 0 atom stereocenters. The fourth-order valence-corrected chi connectivity index (χ4v) is 2.52. The number of rotatable bonds is 4. The van der Waals surface area contributed by atoms with Gasteiger partial charge in [0.05, 0.1) is 12.0 Å². The van der Waals surface area contributed by atoms with Crippen molar-refractivity contribution in [2.24, 2.45) is 7.05 Å². The summed E-state index contributed by atoms with van der Waals surface area (Å²) in [7, 11) is 3.23. The third-order valence-corrected chi connectivity index (χ3v) is 3.79. The highest BCUT2D eigenvalue weighted by Gasteiger charge is 2.06. The molecule has 0 fully saturated rings. The molecule has 100 valence electrons. The molecular weight excluding hydrogens is 265 g/mol. The molecule has 0 amide bonds. The quantitative estimate of drug-likeness (QED) is 0.806. The van der Waals surface area contributed by atoms with Crippen molar-refractivity contribution in [2.45, 2.75) is 10.6 Å². The van der Waals surface area contributed by atoms with Gasteiger partial charge in [-0.05, 0) is 17.7 Å². The fourth-order valence-electron chi connectivity index (χ4n) is 1.57. The van der Waals surface area contributed by atoms with Gasteiger partial charge in [-0.2, -0.15) is 0 Å². The van der Waals surface area contributed by atoms with Gasteiger partial charge in [-0.1, -0.05) is 12.1 Å². The number of nitrogens with zero attached hydrogens (tertiary/aromatic N) is 1. The summed E-state index contributed by atoms with van der Waals surface area (Å²) in [5.41, 5.74) is 0.727. The minimum atomic E-state index is -0.471. The van der Waals surface area contributed by atoms with Crippen LogP contribution in [0.4, 0.5) is 4.39 Å². The summed E-state index contributed by atoms with van der Waals surface area (Å²) in [4.78, 5) is 11.7. The van der Waals surface area contributed by atoms with Gasteiger partial charge in [-0.15, -0.1) is 11.8 Å². The van der Waals surface area contributed by atoms with E-state index in [1.165, 1.54) is 22.5 Å². The van der Waals surface area contributed by atoms with Gasteiger partial charge in [0.1, 0.15) is 11.6 Å². The largest absolute Gasteiger partial charge is 0.497 e. The van der Waals surface area contributed by atoms with Gasteiger partial charge in [0.25, 0.3) is 5.56 Å². The highest BCUT2D eigenvalue weighted by atomic mass is 32.2. The molecule has 0 aliphatic carbocycles. The number of hydrogen-bond acceptors (Lipinski definition) is 3. The van der Waals surface area contributed by atoms with Crippen molar-refractivity contribution in [3.63, 3.8) is 0 Å². The summed E-state index contributed by atoms with van der Waals surface area (Å²) in [6.07, 6.45) is 1.52. The number of halogens is 1. The zero-order valence-corrected chi connectivity index (χ0v) is 11.5. The SMILES string of the molecule is COc1ccc(CSc2cn(C)c(=O)cc2F)cc1. The van der Waals surface area contributed by atoms with E-state index in [-0.39, 0.29) is 5.56 Å². The molecule has 0 spiro atoms. The van der Waals surface area contributed by atoms with E-state index in [0.717, 1.165) is 17.4 Å². The maximum absolute atomic E-state index is 13.6. The molecule has 2 aromatic rings. The number of methoxy groups -OCH3 is 1. The van der Waals surface area contributed by atoms with Crippen LogP contribution < -0.4 is 10.3 Å². The Morgan fingerprint density at radius 3 is 2.63 bits per heavy atom. The maximum atomic E-state index is 13.6. The van der Waals surface area contributed by atoms with Crippen LogP contribution in [-0.4, -0.2) is 11.7 Å². The molecule has 0 saturated heterocycles. The van der Waals surface area contributed by atoms with Crippen LogP contribution in [0, 0.1) is 5.82 Å². The number of aryl methyl sites for hydroxylation is 1. The van der Waals surface area contributed by atoms with Crippen molar-refractivity contribution in [1.29, 1.82) is 0 Å². The lowest BCUT2D eigenvalue weighted by Crippen LogP contribution is -2.15. The first-order chi connectivity index (χ1) is 9.10. The summed E-state index contributed by atoms with van der Waals surface area (Å²) in [6.45, 7) is 0.